The van der Waals surface area contributed by atoms with E-state index in [0.717, 1.165) is 26.7 Å². The van der Waals surface area contributed by atoms with Crippen LogP contribution >= 0.6 is 11.8 Å². The SMILES string of the molecule is Cc1nnc(Sc2cnn(C)c2)c(CN)c1C. The number of hydrogen-bond acceptors (Lipinski definition) is 5. The van der Waals surface area contributed by atoms with Gasteiger partial charge in [-0.2, -0.15) is 10.2 Å². The van der Waals surface area contributed by atoms with E-state index in [1.807, 2.05) is 33.3 Å². The number of hydrogen-bond donors (Lipinski definition) is 1. The van der Waals surface area contributed by atoms with E-state index >= 15 is 0 Å². The zero-order valence-corrected chi connectivity index (χ0v) is 11.0. The molecule has 0 spiro atoms. The highest BCUT2D eigenvalue weighted by molar-refractivity contribution is 7.99. The minimum Gasteiger partial charge on any atom is -0.326 e. The van der Waals surface area contributed by atoms with Gasteiger partial charge in [0.2, 0.25) is 0 Å². The highest BCUT2D eigenvalue weighted by Gasteiger charge is 2.11. The van der Waals surface area contributed by atoms with Crippen LogP contribution in [0.25, 0.3) is 0 Å². The Bertz CT molecular complexity index is 535. The lowest BCUT2D eigenvalue weighted by molar-refractivity contribution is 0.766. The Morgan fingerprint density at radius 1 is 1.35 bits per heavy atom. The molecule has 17 heavy (non-hydrogen) atoms. The smallest absolute Gasteiger partial charge is 0.128 e. The molecule has 0 saturated heterocycles. The molecule has 0 aliphatic carbocycles. The van der Waals surface area contributed by atoms with Gasteiger partial charge in [0.05, 0.1) is 16.8 Å². The molecule has 6 heteroatoms. The number of aryl methyl sites for hydroxylation is 2. The van der Waals surface area contributed by atoms with Gasteiger partial charge in [-0.1, -0.05) is 11.8 Å². The zero-order valence-electron chi connectivity index (χ0n) is 10.1. The Labute approximate surface area is 104 Å². The first-order chi connectivity index (χ1) is 8.11. The molecule has 2 aromatic heterocycles. The summed E-state index contributed by atoms with van der Waals surface area (Å²) in [5, 5.41) is 13.3. The summed E-state index contributed by atoms with van der Waals surface area (Å²) in [5.41, 5.74) is 8.89. The molecular weight excluding hydrogens is 234 g/mol. The molecule has 0 aliphatic heterocycles. The Morgan fingerprint density at radius 3 is 2.71 bits per heavy atom. The Kier molecular flexibility index (Phi) is 3.44. The van der Waals surface area contributed by atoms with E-state index in [4.69, 9.17) is 5.73 Å². The topological polar surface area (TPSA) is 69.6 Å². The molecule has 0 atom stereocenters. The molecular formula is C11H15N5S. The number of aromatic nitrogens is 4. The highest BCUT2D eigenvalue weighted by Crippen LogP contribution is 2.29. The van der Waals surface area contributed by atoms with Gasteiger partial charge < -0.3 is 5.73 Å². The van der Waals surface area contributed by atoms with Crippen LogP contribution in [0.5, 0.6) is 0 Å². The summed E-state index contributed by atoms with van der Waals surface area (Å²) >= 11 is 1.55. The van der Waals surface area contributed by atoms with Crippen molar-refractivity contribution in [2.45, 2.75) is 30.3 Å². The maximum absolute atomic E-state index is 5.78. The van der Waals surface area contributed by atoms with Crippen molar-refractivity contribution < 1.29 is 0 Å². The monoisotopic (exact) mass is 249 g/mol. The van der Waals surface area contributed by atoms with E-state index in [-0.39, 0.29) is 0 Å². The third-order valence-electron chi connectivity index (χ3n) is 2.64. The molecule has 2 heterocycles. The van der Waals surface area contributed by atoms with Crippen LogP contribution in [0.2, 0.25) is 0 Å². The zero-order chi connectivity index (χ0) is 12.4. The molecule has 0 fully saturated rings. The van der Waals surface area contributed by atoms with E-state index in [9.17, 15) is 0 Å². The van der Waals surface area contributed by atoms with Crippen LogP contribution in [0.4, 0.5) is 0 Å². The first-order valence-electron chi connectivity index (χ1n) is 5.31. The van der Waals surface area contributed by atoms with Gasteiger partial charge in [-0.15, -0.1) is 5.10 Å². The van der Waals surface area contributed by atoms with Crippen molar-refractivity contribution >= 4 is 11.8 Å². The van der Waals surface area contributed by atoms with E-state index in [1.54, 1.807) is 16.4 Å². The van der Waals surface area contributed by atoms with Crippen LogP contribution in [0, 0.1) is 13.8 Å². The summed E-state index contributed by atoms with van der Waals surface area (Å²) in [6.07, 6.45) is 3.75. The van der Waals surface area contributed by atoms with Crippen molar-refractivity contribution in [3.63, 3.8) is 0 Å². The van der Waals surface area contributed by atoms with Crippen molar-refractivity contribution in [1.29, 1.82) is 0 Å². The largest absolute Gasteiger partial charge is 0.326 e. The molecule has 2 aromatic rings. The minimum absolute atomic E-state index is 0.477. The molecule has 5 nitrogen and oxygen atoms in total. The molecule has 0 amide bonds. The van der Waals surface area contributed by atoms with Gasteiger partial charge >= 0.3 is 0 Å². The van der Waals surface area contributed by atoms with Gasteiger partial charge in [0.15, 0.2) is 0 Å². The number of rotatable bonds is 3. The fourth-order valence-electron chi connectivity index (χ4n) is 1.52. The molecule has 2 N–H and O–H groups in total. The summed E-state index contributed by atoms with van der Waals surface area (Å²) in [5.74, 6) is 0. The second kappa shape index (κ2) is 4.85. The van der Waals surface area contributed by atoms with Crippen LogP contribution in [0.3, 0.4) is 0 Å². The van der Waals surface area contributed by atoms with E-state index in [0.29, 0.717) is 6.54 Å². The molecule has 0 bridgehead atoms. The molecule has 0 aliphatic rings. The highest BCUT2D eigenvalue weighted by atomic mass is 32.2. The maximum atomic E-state index is 5.78. The second-order valence-electron chi connectivity index (χ2n) is 3.85. The van der Waals surface area contributed by atoms with E-state index in [2.05, 4.69) is 15.3 Å². The van der Waals surface area contributed by atoms with Crippen molar-refractivity contribution in [3.8, 4) is 0 Å². The van der Waals surface area contributed by atoms with Crippen molar-refractivity contribution in [1.82, 2.24) is 20.0 Å². The molecule has 90 valence electrons. The van der Waals surface area contributed by atoms with Crippen LogP contribution in [-0.2, 0) is 13.6 Å². The van der Waals surface area contributed by atoms with E-state index < -0.39 is 0 Å². The van der Waals surface area contributed by atoms with Crippen LogP contribution in [0.15, 0.2) is 22.3 Å². The second-order valence-corrected chi connectivity index (χ2v) is 4.91. The lowest BCUT2D eigenvalue weighted by atomic mass is 10.1. The Morgan fingerprint density at radius 2 is 2.12 bits per heavy atom. The number of nitrogens with zero attached hydrogens (tertiary/aromatic N) is 4. The average Bonchev–Trinajstić information content (AvgIpc) is 2.70. The van der Waals surface area contributed by atoms with Crippen LogP contribution < -0.4 is 5.73 Å². The maximum Gasteiger partial charge on any atom is 0.128 e. The van der Waals surface area contributed by atoms with Gasteiger partial charge in [0, 0.05) is 25.4 Å². The summed E-state index contributed by atoms with van der Waals surface area (Å²) in [6, 6.07) is 0. The molecule has 0 radical (unpaired) electrons. The summed E-state index contributed by atoms with van der Waals surface area (Å²) in [6.45, 7) is 4.45. The first kappa shape index (κ1) is 12.1. The fraction of sp³-hybridized carbons (Fsp3) is 0.364. The molecule has 0 saturated carbocycles. The predicted molar refractivity (Wildman–Crippen MR) is 66.7 cm³/mol. The predicted octanol–water partition coefficient (Wildman–Crippen LogP) is 1.44. The minimum atomic E-state index is 0.477. The third-order valence-corrected chi connectivity index (χ3v) is 3.61. The van der Waals surface area contributed by atoms with E-state index in [1.165, 1.54) is 0 Å². The van der Waals surface area contributed by atoms with Crippen molar-refractivity contribution in [2.75, 3.05) is 0 Å². The summed E-state index contributed by atoms with van der Waals surface area (Å²) in [7, 11) is 1.89. The van der Waals surface area contributed by atoms with Gasteiger partial charge in [-0.3, -0.25) is 4.68 Å². The van der Waals surface area contributed by atoms with Gasteiger partial charge in [0.1, 0.15) is 5.03 Å². The Balaban J connectivity index is 2.36. The quantitative estimate of drug-likeness (QED) is 0.891. The number of nitrogens with two attached hydrogens (primary N) is 1. The lowest BCUT2D eigenvalue weighted by Crippen LogP contribution is -2.06. The Hall–Kier alpha value is -1.40. The molecule has 0 aromatic carbocycles. The van der Waals surface area contributed by atoms with Gasteiger partial charge in [-0.25, -0.2) is 0 Å². The average molecular weight is 249 g/mol. The first-order valence-corrected chi connectivity index (χ1v) is 6.12. The summed E-state index contributed by atoms with van der Waals surface area (Å²) in [4.78, 5) is 1.04. The molecule has 0 unspecified atom stereocenters. The van der Waals surface area contributed by atoms with Gasteiger partial charge in [0.25, 0.3) is 0 Å². The van der Waals surface area contributed by atoms with Crippen LogP contribution in [-0.4, -0.2) is 20.0 Å². The van der Waals surface area contributed by atoms with Gasteiger partial charge in [-0.05, 0) is 19.4 Å². The normalized spacial score (nSPS) is 10.8. The van der Waals surface area contributed by atoms with Crippen molar-refractivity contribution in [3.05, 3.63) is 29.2 Å². The molecule has 2 rings (SSSR count). The standard InChI is InChI=1S/C11H15N5S/c1-7-8(2)14-15-11(10(7)4-12)17-9-5-13-16(3)6-9/h5-6H,4,12H2,1-3H3. The van der Waals surface area contributed by atoms with Crippen molar-refractivity contribution in [2.24, 2.45) is 12.8 Å². The fourth-order valence-corrected chi connectivity index (χ4v) is 2.49. The third kappa shape index (κ3) is 2.48. The van der Waals surface area contributed by atoms with Crippen LogP contribution in [0.1, 0.15) is 16.8 Å². The summed E-state index contributed by atoms with van der Waals surface area (Å²) < 4.78 is 1.76. The lowest BCUT2D eigenvalue weighted by Gasteiger charge is -2.09.